The maximum Gasteiger partial charge on any atom is 0.270 e. The molecule has 1 N–H and O–H groups in total. The fourth-order valence-corrected chi connectivity index (χ4v) is 3.90. The van der Waals surface area contributed by atoms with Crippen molar-refractivity contribution in [1.82, 2.24) is 19.6 Å². The number of carbonyl (C=O) groups excluding carboxylic acids is 1. The number of aromatic nitrogens is 2. The van der Waals surface area contributed by atoms with E-state index in [2.05, 4.69) is 15.2 Å². The molecule has 158 valence electrons. The van der Waals surface area contributed by atoms with E-state index in [1.807, 2.05) is 7.05 Å². The van der Waals surface area contributed by atoms with Crippen molar-refractivity contribution >= 4 is 11.6 Å². The normalized spacial score (nSPS) is 17.3. The van der Waals surface area contributed by atoms with Crippen LogP contribution in [0.5, 0.6) is 5.75 Å². The number of likely N-dealkylation sites (N-methyl/N-ethyl adjacent to an activating group) is 1. The Bertz CT molecular complexity index is 1060. The lowest BCUT2D eigenvalue weighted by Gasteiger charge is -2.30. The molecule has 1 aliphatic rings. The zero-order valence-corrected chi connectivity index (χ0v) is 17.0. The van der Waals surface area contributed by atoms with Crippen LogP contribution in [0.15, 0.2) is 36.5 Å². The number of pyridine rings is 1. The van der Waals surface area contributed by atoms with Crippen molar-refractivity contribution in [3.63, 3.8) is 0 Å². The molecule has 1 amide bonds. The minimum atomic E-state index is -0.668. The van der Waals surface area contributed by atoms with E-state index in [1.54, 1.807) is 29.7 Å². The number of imidazole rings is 1. The number of hydrogen-bond acceptors (Lipinski definition) is 4. The molecule has 2 aromatic heterocycles. The predicted molar refractivity (Wildman–Crippen MR) is 109 cm³/mol. The number of nitrogens with zero attached hydrogens (tertiary/aromatic N) is 3. The Kier molecular flexibility index (Phi) is 5.67. The van der Waals surface area contributed by atoms with Crippen molar-refractivity contribution in [2.75, 3.05) is 20.1 Å². The number of aryl methyl sites for hydroxylation is 1. The van der Waals surface area contributed by atoms with Gasteiger partial charge in [0.15, 0.2) is 11.4 Å². The van der Waals surface area contributed by atoms with Gasteiger partial charge in [-0.25, -0.2) is 13.8 Å². The average molecular weight is 414 g/mol. The Hall–Kier alpha value is -3.00. The number of likely N-dealkylation sites (tertiary alicyclic amines) is 1. The van der Waals surface area contributed by atoms with Crippen LogP contribution in [0.25, 0.3) is 5.65 Å². The Morgan fingerprint density at radius 3 is 2.77 bits per heavy atom. The second kappa shape index (κ2) is 8.39. The van der Waals surface area contributed by atoms with E-state index in [-0.39, 0.29) is 24.1 Å². The summed E-state index contributed by atoms with van der Waals surface area (Å²) in [7, 11) is 2.04. The van der Waals surface area contributed by atoms with Crippen molar-refractivity contribution in [2.24, 2.45) is 0 Å². The first-order chi connectivity index (χ1) is 14.4. The highest BCUT2D eigenvalue weighted by Gasteiger charge is 2.24. The van der Waals surface area contributed by atoms with Gasteiger partial charge in [-0.2, -0.15) is 0 Å². The van der Waals surface area contributed by atoms with Crippen molar-refractivity contribution in [3.8, 4) is 5.75 Å². The minimum absolute atomic E-state index is 0.0877. The fraction of sp³-hybridized carbons (Fsp3) is 0.364. The SMILES string of the molecule is Cc1nc2c(OCc3c(F)cccc3F)cccn2c1C(=O)NC1CCCN(C)C1. The summed E-state index contributed by atoms with van der Waals surface area (Å²) in [6.07, 6.45) is 3.71. The third kappa shape index (κ3) is 4.00. The Morgan fingerprint density at radius 1 is 1.27 bits per heavy atom. The molecule has 1 atom stereocenters. The van der Waals surface area contributed by atoms with Crippen molar-refractivity contribution in [1.29, 1.82) is 0 Å². The number of nitrogens with one attached hydrogen (secondary N) is 1. The van der Waals surface area contributed by atoms with Crippen LogP contribution in [0.1, 0.15) is 34.6 Å². The Labute approximate surface area is 173 Å². The first kappa shape index (κ1) is 20.3. The van der Waals surface area contributed by atoms with E-state index in [0.717, 1.165) is 25.9 Å². The first-order valence-corrected chi connectivity index (χ1v) is 9.97. The summed E-state index contributed by atoms with van der Waals surface area (Å²) in [4.78, 5) is 19.6. The largest absolute Gasteiger partial charge is 0.485 e. The maximum atomic E-state index is 13.9. The molecule has 3 heterocycles. The number of carbonyl (C=O) groups is 1. The van der Waals surface area contributed by atoms with Gasteiger partial charge in [0, 0.05) is 18.8 Å². The standard InChI is InChI=1S/C22H24F2N4O2/c1-14-20(22(29)26-15-6-4-10-27(2)12-15)28-11-5-9-19(21(28)25-14)30-13-16-17(23)7-3-8-18(16)24/h3,5,7-9,11,15H,4,6,10,12-13H2,1-2H3,(H,26,29). The van der Waals surface area contributed by atoms with Gasteiger partial charge in [-0.05, 0) is 57.6 Å². The summed E-state index contributed by atoms with van der Waals surface area (Å²) in [6.45, 7) is 3.32. The number of hydrogen-bond donors (Lipinski definition) is 1. The highest BCUT2D eigenvalue weighted by molar-refractivity contribution is 5.95. The molecule has 4 rings (SSSR count). The second-order valence-electron chi connectivity index (χ2n) is 7.68. The lowest BCUT2D eigenvalue weighted by molar-refractivity contribution is 0.0906. The molecule has 0 radical (unpaired) electrons. The molecule has 1 fully saturated rings. The fourth-order valence-electron chi connectivity index (χ4n) is 3.90. The summed E-state index contributed by atoms with van der Waals surface area (Å²) in [5.74, 6) is -1.18. The van der Waals surface area contributed by atoms with Gasteiger partial charge in [0.2, 0.25) is 0 Å². The van der Waals surface area contributed by atoms with Crippen LogP contribution in [0, 0.1) is 18.6 Å². The smallest absolute Gasteiger partial charge is 0.270 e. The monoisotopic (exact) mass is 414 g/mol. The number of halogens is 2. The van der Waals surface area contributed by atoms with Gasteiger partial charge in [-0.15, -0.1) is 0 Å². The second-order valence-corrected chi connectivity index (χ2v) is 7.68. The van der Waals surface area contributed by atoms with Crippen LogP contribution >= 0.6 is 0 Å². The summed E-state index contributed by atoms with van der Waals surface area (Å²) < 4.78 is 35.1. The molecule has 0 spiro atoms. The molecule has 0 bridgehead atoms. The van der Waals surface area contributed by atoms with E-state index in [1.165, 1.54) is 18.2 Å². The molecule has 30 heavy (non-hydrogen) atoms. The van der Waals surface area contributed by atoms with E-state index in [4.69, 9.17) is 4.74 Å². The number of ether oxygens (including phenoxy) is 1. The third-order valence-corrected chi connectivity index (χ3v) is 5.40. The summed E-state index contributed by atoms with van der Waals surface area (Å²) in [6, 6.07) is 7.15. The van der Waals surface area contributed by atoms with E-state index in [9.17, 15) is 13.6 Å². The maximum absolute atomic E-state index is 13.9. The van der Waals surface area contributed by atoms with Gasteiger partial charge in [0.25, 0.3) is 5.91 Å². The molecule has 0 saturated carbocycles. The molecule has 1 saturated heterocycles. The molecule has 1 aromatic carbocycles. The Morgan fingerprint density at radius 2 is 2.03 bits per heavy atom. The highest BCUT2D eigenvalue weighted by Crippen LogP contribution is 2.24. The van der Waals surface area contributed by atoms with Gasteiger partial charge in [0.1, 0.15) is 23.9 Å². The van der Waals surface area contributed by atoms with Crippen LogP contribution in [0.3, 0.4) is 0 Å². The van der Waals surface area contributed by atoms with Crippen molar-refractivity contribution in [2.45, 2.75) is 32.4 Å². The molecule has 6 nitrogen and oxygen atoms in total. The van der Waals surface area contributed by atoms with E-state index < -0.39 is 11.6 Å². The zero-order valence-electron chi connectivity index (χ0n) is 17.0. The molecular weight excluding hydrogens is 390 g/mol. The van der Waals surface area contributed by atoms with Crippen molar-refractivity contribution in [3.05, 3.63) is 65.1 Å². The summed E-state index contributed by atoms with van der Waals surface area (Å²) in [5, 5.41) is 3.10. The lowest BCUT2D eigenvalue weighted by atomic mass is 10.1. The molecule has 0 aliphatic carbocycles. The van der Waals surface area contributed by atoms with Crippen LogP contribution in [0.4, 0.5) is 8.78 Å². The average Bonchev–Trinajstić information content (AvgIpc) is 3.04. The highest BCUT2D eigenvalue weighted by atomic mass is 19.1. The van der Waals surface area contributed by atoms with Gasteiger partial charge >= 0.3 is 0 Å². The molecular formula is C22H24F2N4O2. The van der Waals surface area contributed by atoms with Gasteiger partial charge < -0.3 is 15.0 Å². The topological polar surface area (TPSA) is 58.9 Å². The van der Waals surface area contributed by atoms with Crippen LogP contribution in [-0.2, 0) is 6.61 Å². The quantitative estimate of drug-likeness (QED) is 0.696. The van der Waals surface area contributed by atoms with Crippen molar-refractivity contribution < 1.29 is 18.3 Å². The number of amides is 1. The number of piperidine rings is 1. The lowest BCUT2D eigenvalue weighted by Crippen LogP contribution is -2.46. The number of benzene rings is 1. The number of rotatable bonds is 5. The molecule has 8 heteroatoms. The van der Waals surface area contributed by atoms with Crippen LogP contribution in [0.2, 0.25) is 0 Å². The zero-order chi connectivity index (χ0) is 21.3. The first-order valence-electron chi connectivity index (χ1n) is 9.97. The molecule has 1 unspecified atom stereocenters. The number of fused-ring (bicyclic) bond motifs is 1. The van der Waals surface area contributed by atoms with Crippen LogP contribution in [-0.4, -0.2) is 46.4 Å². The van der Waals surface area contributed by atoms with Gasteiger partial charge in [0.05, 0.1) is 11.3 Å². The summed E-state index contributed by atoms with van der Waals surface area (Å²) >= 11 is 0. The van der Waals surface area contributed by atoms with Gasteiger partial charge in [-0.3, -0.25) is 9.20 Å². The predicted octanol–water partition coefficient (Wildman–Crippen LogP) is 3.32. The molecule has 3 aromatic rings. The minimum Gasteiger partial charge on any atom is -0.485 e. The van der Waals surface area contributed by atoms with E-state index in [0.29, 0.717) is 22.8 Å². The third-order valence-electron chi connectivity index (χ3n) is 5.40. The van der Waals surface area contributed by atoms with Crippen LogP contribution < -0.4 is 10.1 Å². The molecule has 1 aliphatic heterocycles. The van der Waals surface area contributed by atoms with E-state index >= 15 is 0 Å². The summed E-state index contributed by atoms with van der Waals surface area (Å²) in [5.41, 5.74) is 1.27. The van der Waals surface area contributed by atoms with Gasteiger partial charge in [-0.1, -0.05) is 6.07 Å². The Balaban J connectivity index is 1.58.